The molecule has 78 valence electrons. The monoisotopic (exact) mass is 205 g/mol. The number of aliphatic hydroxyl groups is 1. The first-order valence-corrected chi connectivity index (χ1v) is 4.30. The van der Waals surface area contributed by atoms with Crippen molar-refractivity contribution >= 4 is 5.97 Å². The van der Waals surface area contributed by atoms with E-state index in [9.17, 15) is 9.90 Å². The summed E-state index contributed by atoms with van der Waals surface area (Å²) >= 11 is 0. The van der Waals surface area contributed by atoms with Gasteiger partial charge in [-0.15, -0.1) is 6.42 Å². The van der Waals surface area contributed by atoms with E-state index in [1.54, 1.807) is 24.3 Å². The molecule has 4 nitrogen and oxygen atoms in total. The Labute approximate surface area is 87.3 Å². The predicted octanol–water partition coefficient (Wildman–Crippen LogP) is 0.113. The fourth-order valence-corrected chi connectivity index (χ4v) is 1.21. The molecule has 2 unspecified atom stereocenters. The lowest BCUT2D eigenvalue weighted by Gasteiger charge is -2.16. The lowest BCUT2D eigenvalue weighted by Crippen LogP contribution is -2.36. The quantitative estimate of drug-likeness (QED) is 0.612. The zero-order valence-corrected chi connectivity index (χ0v) is 7.92. The molecule has 0 amide bonds. The summed E-state index contributed by atoms with van der Waals surface area (Å²) in [5.41, 5.74) is 6.10. The van der Waals surface area contributed by atoms with Crippen molar-refractivity contribution in [2.45, 2.75) is 12.1 Å². The molecule has 4 N–H and O–H groups in total. The molecule has 4 heteroatoms. The molecule has 0 radical (unpaired) electrons. The van der Waals surface area contributed by atoms with E-state index in [0.717, 1.165) is 0 Å². The van der Waals surface area contributed by atoms with Gasteiger partial charge in [0.2, 0.25) is 0 Å². The highest BCUT2D eigenvalue weighted by atomic mass is 16.4. The molecular formula is C11H11NO3. The largest absolute Gasteiger partial charge is 0.480 e. The fraction of sp³-hybridized carbons (Fsp3) is 0.182. The number of terminal acetylenes is 1. The van der Waals surface area contributed by atoms with Crippen molar-refractivity contribution in [1.82, 2.24) is 0 Å². The Morgan fingerprint density at radius 3 is 2.60 bits per heavy atom. The standard InChI is InChI=1S/C11H11NO3/c1-2-7-5-3-4-6-8(7)10(13)9(12)11(14)15/h1,3-6,9-10,13H,12H2,(H,14,15). The van der Waals surface area contributed by atoms with Crippen LogP contribution in [0.4, 0.5) is 0 Å². The smallest absolute Gasteiger partial charge is 0.323 e. The minimum absolute atomic E-state index is 0.356. The number of carboxylic acids is 1. The van der Waals surface area contributed by atoms with Gasteiger partial charge < -0.3 is 15.9 Å². The Balaban J connectivity index is 3.06. The molecule has 1 aromatic carbocycles. The van der Waals surface area contributed by atoms with E-state index in [1.165, 1.54) is 0 Å². The third kappa shape index (κ3) is 2.34. The van der Waals surface area contributed by atoms with Crippen LogP contribution in [0.15, 0.2) is 24.3 Å². The molecule has 0 bridgehead atoms. The van der Waals surface area contributed by atoms with Crippen molar-refractivity contribution in [1.29, 1.82) is 0 Å². The minimum atomic E-state index is -1.38. The molecular weight excluding hydrogens is 194 g/mol. The van der Waals surface area contributed by atoms with Crippen molar-refractivity contribution in [2.75, 3.05) is 0 Å². The summed E-state index contributed by atoms with van der Waals surface area (Å²) < 4.78 is 0. The van der Waals surface area contributed by atoms with Crippen molar-refractivity contribution in [3.8, 4) is 12.3 Å². The molecule has 0 saturated carbocycles. The fourth-order valence-electron chi connectivity index (χ4n) is 1.21. The first-order valence-electron chi connectivity index (χ1n) is 4.30. The number of hydrogen-bond donors (Lipinski definition) is 3. The highest BCUT2D eigenvalue weighted by molar-refractivity contribution is 5.74. The zero-order chi connectivity index (χ0) is 11.4. The van der Waals surface area contributed by atoms with Gasteiger partial charge in [-0.2, -0.15) is 0 Å². The molecule has 0 aliphatic heterocycles. The Morgan fingerprint density at radius 2 is 2.07 bits per heavy atom. The second-order valence-electron chi connectivity index (χ2n) is 3.04. The summed E-state index contributed by atoms with van der Waals surface area (Å²) in [6.45, 7) is 0. The van der Waals surface area contributed by atoms with Gasteiger partial charge in [-0.25, -0.2) is 0 Å². The molecule has 1 aromatic rings. The molecule has 0 aromatic heterocycles. The molecule has 0 heterocycles. The average Bonchev–Trinajstić information content (AvgIpc) is 2.26. The Bertz CT molecular complexity index is 409. The molecule has 0 aliphatic rings. The molecule has 1 rings (SSSR count). The average molecular weight is 205 g/mol. The van der Waals surface area contributed by atoms with Crippen molar-refractivity contribution in [3.63, 3.8) is 0 Å². The van der Waals surface area contributed by atoms with E-state index in [1.807, 2.05) is 0 Å². The highest BCUT2D eigenvalue weighted by Gasteiger charge is 2.24. The summed E-state index contributed by atoms with van der Waals surface area (Å²) in [7, 11) is 0. The van der Waals surface area contributed by atoms with Crippen LogP contribution in [-0.2, 0) is 4.79 Å². The van der Waals surface area contributed by atoms with E-state index in [-0.39, 0.29) is 0 Å². The van der Waals surface area contributed by atoms with Crippen LogP contribution in [-0.4, -0.2) is 22.2 Å². The van der Waals surface area contributed by atoms with E-state index >= 15 is 0 Å². The number of hydrogen-bond acceptors (Lipinski definition) is 3. The van der Waals surface area contributed by atoms with Gasteiger partial charge in [0, 0.05) is 5.56 Å². The van der Waals surface area contributed by atoms with Crippen LogP contribution >= 0.6 is 0 Å². The van der Waals surface area contributed by atoms with Gasteiger partial charge in [0.1, 0.15) is 12.1 Å². The Hall–Kier alpha value is -1.83. The first kappa shape index (κ1) is 11.2. The summed E-state index contributed by atoms with van der Waals surface area (Å²) in [4.78, 5) is 10.6. The second kappa shape index (κ2) is 4.60. The van der Waals surface area contributed by atoms with Crippen LogP contribution in [0.1, 0.15) is 17.2 Å². The van der Waals surface area contributed by atoms with E-state index in [4.69, 9.17) is 17.3 Å². The molecule has 0 saturated heterocycles. The summed E-state index contributed by atoms with van der Waals surface area (Å²) in [5, 5.41) is 18.3. The number of carbonyl (C=O) groups is 1. The second-order valence-corrected chi connectivity index (χ2v) is 3.04. The van der Waals surface area contributed by atoms with Crippen LogP contribution in [0.5, 0.6) is 0 Å². The zero-order valence-electron chi connectivity index (χ0n) is 7.92. The number of benzene rings is 1. The molecule has 15 heavy (non-hydrogen) atoms. The maximum atomic E-state index is 10.6. The van der Waals surface area contributed by atoms with Gasteiger partial charge in [0.15, 0.2) is 0 Å². The van der Waals surface area contributed by atoms with Crippen LogP contribution in [0, 0.1) is 12.3 Å². The Kier molecular flexibility index (Phi) is 3.45. The van der Waals surface area contributed by atoms with E-state index in [0.29, 0.717) is 11.1 Å². The highest BCUT2D eigenvalue weighted by Crippen LogP contribution is 2.19. The van der Waals surface area contributed by atoms with Gasteiger partial charge in [-0.3, -0.25) is 4.79 Å². The van der Waals surface area contributed by atoms with Crippen molar-refractivity contribution in [2.24, 2.45) is 5.73 Å². The molecule has 2 atom stereocenters. The van der Waals surface area contributed by atoms with Crippen LogP contribution in [0.2, 0.25) is 0 Å². The Morgan fingerprint density at radius 1 is 1.47 bits per heavy atom. The maximum absolute atomic E-state index is 10.6. The number of carboxylic acid groups (broad SMARTS) is 1. The lowest BCUT2D eigenvalue weighted by atomic mass is 9.98. The third-order valence-electron chi connectivity index (χ3n) is 2.06. The van der Waals surface area contributed by atoms with Crippen LogP contribution in [0.25, 0.3) is 0 Å². The van der Waals surface area contributed by atoms with Gasteiger partial charge in [0.25, 0.3) is 0 Å². The van der Waals surface area contributed by atoms with Crippen LogP contribution in [0.3, 0.4) is 0 Å². The summed E-state index contributed by atoms with van der Waals surface area (Å²) in [6.07, 6.45) is 3.92. The van der Waals surface area contributed by atoms with Crippen molar-refractivity contribution < 1.29 is 15.0 Å². The van der Waals surface area contributed by atoms with Gasteiger partial charge >= 0.3 is 5.97 Å². The normalized spacial score (nSPS) is 13.9. The topological polar surface area (TPSA) is 83.5 Å². The molecule has 0 spiro atoms. The van der Waals surface area contributed by atoms with Gasteiger partial charge in [-0.05, 0) is 11.6 Å². The lowest BCUT2D eigenvalue weighted by molar-refractivity contribution is -0.141. The minimum Gasteiger partial charge on any atom is -0.480 e. The molecule has 0 fully saturated rings. The molecule has 0 aliphatic carbocycles. The summed E-state index contributed by atoms with van der Waals surface area (Å²) in [5.74, 6) is 1.09. The van der Waals surface area contributed by atoms with Gasteiger partial charge in [-0.1, -0.05) is 24.1 Å². The SMILES string of the molecule is C#Cc1ccccc1C(O)C(N)C(=O)O. The third-order valence-corrected chi connectivity index (χ3v) is 2.06. The summed E-state index contributed by atoms with van der Waals surface area (Å²) in [6, 6.07) is 5.17. The number of rotatable bonds is 3. The number of aliphatic hydroxyl groups excluding tert-OH is 1. The number of nitrogens with two attached hydrogens (primary N) is 1. The van der Waals surface area contributed by atoms with Crippen LogP contribution < -0.4 is 5.73 Å². The van der Waals surface area contributed by atoms with Gasteiger partial charge in [0.05, 0.1) is 0 Å². The van der Waals surface area contributed by atoms with E-state index < -0.39 is 18.1 Å². The first-order chi connectivity index (χ1) is 7.07. The number of aliphatic carboxylic acids is 1. The maximum Gasteiger partial charge on any atom is 0.323 e. The van der Waals surface area contributed by atoms with E-state index in [2.05, 4.69) is 5.92 Å². The predicted molar refractivity (Wildman–Crippen MR) is 54.9 cm³/mol. The van der Waals surface area contributed by atoms with Crippen molar-refractivity contribution in [3.05, 3.63) is 35.4 Å².